The molecule has 2 aromatic carbocycles. The fourth-order valence-electron chi connectivity index (χ4n) is 2.58. The lowest BCUT2D eigenvalue weighted by Crippen LogP contribution is -1.97. The van der Waals surface area contributed by atoms with Crippen LogP contribution >= 0.6 is 11.6 Å². The van der Waals surface area contributed by atoms with Gasteiger partial charge in [-0.3, -0.25) is 5.10 Å². The Labute approximate surface area is 154 Å². The second kappa shape index (κ2) is 7.01. The number of hydrogen-bond acceptors (Lipinski definition) is 5. The van der Waals surface area contributed by atoms with Crippen molar-refractivity contribution < 1.29 is 9.26 Å². The zero-order chi connectivity index (χ0) is 17.9. The molecule has 0 aliphatic carbocycles. The van der Waals surface area contributed by atoms with E-state index in [4.69, 9.17) is 20.9 Å². The number of rotatable bonds is 5. The Morgan fingerprint density at radius 2 is 1.85 bits per heavy atom. The summed E-state index contributed by atoms with van der Waals surface area (Å²) < 4.78 is 11.1. The number of halogens is 1. The van der Waals surface area contributed by atoms with E-state index in [1.807, 2.05) is 37.3 Å². The van der Waals surface area contributed by atoms with Crippen LogP contribution in [0.1, 0.15) is 11.6 Å². The standard InChI is InChI=1S/C19H15ClN4O2/c1-12-17(18(24-26-12)13-5-3-2-4-6-13)19-21-16(22-23-19)11-25-15-9-7-14(20)8-10-15/h2-10H,11H2,1H3,(H,21,22,23). The van der Waals surface area contributed by atoms with Crippen LogP contribution in [0.3, 0.4) is 0 Å². The van der Waals surface area contributed by atoms with Gasteiger partial charge in [-0.25, -0.2) is 4.98 Å². The molecule has 0 aliphatic rings. The second-order valence-electron chi connectivity index (χ2n) is 5.68. The molecule has 0 aliphatic heterocycles. The van der Waals surface area contributed by atoms with Crippen LogP contribution in [-0.2, 0) is 6.61 Å². The molecular formula is C19H15ClN4O2. The van der Waals surface area contributed by atoms with E-state index in [9.17, 15) is 0 Å². The van der Waals surface area contributed by atoms with E-state index in [1.54, 1.807) is 24.3 Å². The van der Waals surface area contributed by atoms with Crippen LogP contribution in [0.5, 0.6) is 5.75 Å². The lowest BCUT2D eigenvalue weighted by Gasteiger charge is -2.03. The van der Waals surface area contributed by atoms with E-state index in [0.29, 0.717) is 33.9 Å². The Hall–Kier alpha value is -3.12. The zero-order valence-corrected chi connectivity index (χ0v) is 14.7. The van der Waals surface area contributed by atoms with E-state index >= 15 is 0 Å². The van der Waals surface area contributed by atoms with Crippen molar-refractivity contribution in [1.82, 2.24) is 20.3 Å². The van der Waals surface area contributed by atoms with Gasteiger partial charge in [0, 0.05) is 10.6 Å². The molecule has 0 atom stereocenters. The molecule has 1 N–H and O–H groups in total. The Kier molecular flexibility index (Phi) is 4.41. The van der Waals surface area contributed by atoms with Gasteiger partial charge in [0.15, 0.2) is 11.6 Å². The number of hydrogen-bond donors (Lipinski definition) is 1. The highest BCUT2D eigenvalue weighted by Gasteiger charge is 2.20. The summed E-state index contributed by atoms with van der Waals surface area (Å²) >= 11 is 5.87. The minimum Gasteiger partial charge on any atom is -0.486 e. The molecule has 2 aromatic heterocycles. The van der Waals surface area contributed by atoms with E-state index < -0.39 is 0 Å². The third-order valence-corrected chi connectivity index (χ3v) is 4.11. The van der Waals surface area contributed by atoms with Gasteiger partial charge in [-0.1, -0.05) is 47.1 Å². The van der Waals surface area contributed by atoms with Crippen molar-refractivity contribution in [2.45, 2.75) is 13.5 Å². The number of benzene rings is 2. The van der Waals surface area contributed by atoms with Crippen molar-refractivity contribution in [2.75, 3.05) is 0 Å². The van der Waals surface area contributed by atoms with E-state index in [2.05, 4.69) is 20.3 Å². The first kappa shape index (κ1) is 16.4. The Bertz CT molecular complexity index is 1010. The summed E-state index contributed by atoms with van der Waals surface area (Å²) in [4.78, 5) is 4.51. The smallest absolute Gasteiger partial charge is 0.187 e. The van der Waals surface area contributed by atoms with Crippen molar-refractivity contribution >= 4 is 11.6 Å². The van der Waals surface area contributed by atoms with Crippen LogP contribution in [0, 0.1) is 6.92 Å². The van der Waals surface area contributed by atoms with Gasteiger partial charge in [0.05, 0.1) is 5.56 Å². The third kappa shape index (κ3) is 3.32. The predicted molar refractivity (Wildman–Crippen MR) is 97.8 cm³/mol. The maximum absolute atomic E-state index is 5.87. The van der Waals surface area contributed by atoms with Crippen molar-refractivity contribution in [2.24, 2.45) is 0 Å². The average Bonchev–Trinajstić information content (AvgIpc) is 3.28. The van der Waals surface area contributed by atoms with Crippen LogP contribution in [-0.4, -0.2) is 20.3 Å². The highest BCUT2D eigenvalue weighted by molar-refractivity contribution is 6.30. The van der Waals surface area contributed by atoms with Gasteiger partial charge >= 0.3 is 0 Å². The highest BCUT2D eigenvalue weighted by Crippen LogP contribution is 2.32. The molecule has 4 rings (SSSR count). The molecule has 0 fully saturated rings. The van der Waals surface area contributed by atoms with Gasteiger partial charge in [-0.15, -0.1) is 0 Å². The fraction of sp³-hybridized carbons (Fsp3) is 0.105. The first-order valence-electron chi connectivity index (χ1n) is 8.02. The number of nitrogens with zero attached hydrogens (tertiary/aromatic N) is 3. The normalized spacial score (nSPS) is 10.8. The summed E-state index contributed by atoms with van der Waals surface area (Å²) in [6.45, 7) is 2.11. The molecule has 0 saturated heterocycles. The maximum Gasteiger partial charge on any atom is 0.187 e. The van der Waals surface area contributed by atoms with Crippen LogP contribution in [0.15, 0.2) is 59.1 Å². The van der Waals surface area contributed by atoms with Gasteiger partial charge in [0.2, 0.25) is 0 Å². The van der Waals surface area contributed by atoms with Crippen LogP contribution in [0.2, 0.25) is 5.02 Å². The van der Waals surface area contributed by atoms with Crippen LogP contribution in [0.25, 0.3) is 22.6 Å². The highest BCUT2D eigenvalue weighted by atomic mass is 35.5. The molecule has 0 spiro atoms. The van der Waals surface area contributed by atoms with Gasteiger partial charge < -0.3 is 9.26 Å². The minimum atomic E-state index is 0.264. The maximum atomic E-state index is 5.87. The molecule has 0 saturated carbocycles. The molecule has 2 heterocycles. The van der Waals surface area contributed by atoms with E-state index in [0.717, 1.165) is 11.1 Å². The zero-order valence-electron chi connectivity index (χ0n) is 13.9. The van der Waals surface area contributed by atoms with Crippen LogP contribution < -0.4 is 4.74 Å². The van der Waals surface area contributed by atoms with Crippen molar-refractivity contribution in [1.29, 1.82) is 0 Å². The van der Waals surface area contributed by atoms with Crippen molar-refractivity contribution in [3.05, 3.63) is 71.2 Å². The van der Waals surface area contributed by atoms with Crippen molar-refractivity contribution in [3.8, 4) is 28.4 Å². The molecule has 0 amide bonds. The molecule has 4 aromatic rings. The Morgan fingerprint density at radius 3 is 2.62 bits per heavy atom. The van der Waals surface area contributed by atoms with Gasteiger partial charge in [0.25, 0.3) is 0 Å². The third-order valence-electron chi connectivity index (χ3n) is 3.85. The molecule has 7 heteroatoms. The number of ether oxygens (including phenoxy) is 1. The van der Waals surface area contributed by atoms with E-state index in [1.165, 1.54) is 0 Å². The summed E-state index contributed by atoms with van der Waals surface area (Å²) in [5, 5.41) is 12.0. The molecule has 0 radical (unpaired) electrons. The first-order chi connectivity index (χ1) is 12.7. The topological polar surface area (TPSA) is 76.8 Å². The largest absolute Gasteiger partial charge is 0.486 e. The van der Waals surface area contributed by atoms with Gasteiger partial charge in [-0.05, 0) is 31.2 Å². The summed E-state index contributed by atoms with van der Waals surface area (Å²) in [5.74, 6) is 2.50. The summed E-state index contributed by atoms with van der Waals surface area (Å²) in [6, 6.07) is 16.9. The van der Waals surface area contributed by atoms with Crippen molar-refractivity contribution in [3.63, 3.8) is 0 Å². The van der Waals surface area contributed by atoms with Gasteiger partial charge in [-0.2, -0.15) is 5.10 Å². The molecule has 0 bridgehead atoms. The quantitative estimate of drug-likeness (QED) is 0.555. The number of H-pyrrole nitrogens is 1. The summed E-state index contributed by atoms with van der Waals surface area (Å²) in [7, 11) is 0. The Balaban J connectivity index is 1.57. The predicted octanol–water partition coefficient (Wildman–Crippen LogP) is 4.67. The lowest BCUT2D eigenvalue weighted by atomic mass is 10.1. The number of aryl methyl sites for hydroxylation is 1. The molecule has 6 nitrogen and oxygen atoms in total. The van der Waals surface area contributed by atoms with E-state index in [-0.39, 0.29) is 6.61 Å². The van der Waals surface area contributed by atoms with Crippen LogP contribution in [0.4, 0.5) is 0 Å². The number of aromatic amines is 1. The number of nitrogens with one attached hydrogen (secondary N) is 1. The monoisotopic (exact) mass is 366 g/mol. The molecule has 26 heavy (non-hydrogen) atoms. The SMILES string of the molecule is Cc1onc(-c2ccccc2)c1-c1n[nH]c(COc2ccc(Cl)cc2)n1. The molecular weight excluding hydrogens is 352 g/mol. The minimum absolute atomic E-state index is 0.264. The lowest BCUT2D eigenvalue weighted by molar-refractivity contribution is 0.296. The average molecular weight is 367 g/mol. The Morgan fingerprint density at radius 1 is 1.08 bits per heavy atom. The summed E-state index contributed by atoms with van der Waals surface area (Å²) in [5.41, 5.74) is 2.43. The first-order valence-corrected chi connectivity index (χ1v) is 8.40. The number of aromatic nitrogens is 4. The summed E-state index contributed by atoms with van der Waals surface area (Å²) in [6.07, 6.45) is 0. The molecule has 0 unspecified atom stereocenters. The second-order valence-corrected chi connectivity index (χ2v) is 6.11. The van der Waals surface area contributed by atoms with Gasteiger partial charge in [0.1, 0.15) is 23.8 Å². The fourth-order valence-corrected chi connectivity index (χ4v) is 2.71. The molecule has 130 valence electrons.